The molecule has 3 rings (SSSR count). The lowest BCUT2D eigenvalue weighted by atomic mass is 9.72. The average molecular weight is 373 g/mol. The molecule has 130 valence electrons. The number of halogens is 1. The molecule has 2 aromatic rings. The number of carbonyl (C=O) groups excluding carboxylic acids is 1. The zero-order valence-electron chi connectivity index (χ0n) is 14.6. The molecule has 0 fully saturated rings. The molecule has 1 amide bonds. The predicted octanol–water partition coefficient (Wildman–Crippen LogP) is 5.68. The first-order valence-electron chi connectivity index (χ1n) is 8.41. The second-order valence-corrected chi connectivity index (χ2v) is 9.13. The highest BCUT2D eigenvalue weighted by Crippen LogP contribution is 2.44. The predicted molar refractivity (Wildman–Crippen MR) is 103 cm³/mol. The molecule has 5 heteroatoms. The Hall–Kier alpha value is -1.83. The van der Waals surface area contributed by atoms with Gasteiger partial charge in [-0.1, -0.05) is 38.4 Å². The van der Waals surface area contributed by atoms with Crippen LogP contribution >= 0.6 is 22.9 Å². The number of anilines is 1. The van der Waals surface area contributed by atoms with E-state index in [4.69, 9.17) is 11.6 Å². The first-order valence-corrected chi connectivity index (χ1v) is 9.60. The molecule has 1 heterocycles. The van der Waals surface area contributed by atoms with Crippen molar-refractivity contribution in [1.29, 1.82) is 5.26 Å². The van der Waals surface area contributed by atoms with Gasteiger partial charge in [-0.3, -0.25) is 4.79 Å². The third kappa shape index (κ3) is 3.73. The largest absolute Gasteiger partial charge is 0.312 e. The Balaban J connectivity index is 1.88. The van der Waals surface area contributed by atoms with Crippen molar-refractivity contribution in [2.24, 2.45) is 11.3 Å². The van der Waals surface area contributed by atoms with Gasteiger partial charge in [-0.2, -0.15) is 5.26 Å². The van der Waals surface area contributed by atoms with Crippen LogP contribution in [0.3, 0.4) is 0 Å². The summed E-state index contributed by atoms with van der Waals surface area (Å²) >= 11 is 7.51. The standard InChI is InChI=1S/C20H21ClN2OS/c1-20(2,3)13-7-8-15-16(11-22)19(25-17(15)10-13)23-18(24)12-5-4-6-14(21)9-12/h4-6,9,13H,7-8,10H2,1-3H3,(H,23,24)/t13-/m0/s1. The number of carbonyl (C=O) groups is 1. The van der Waals surface area contributed by atoms with Crippen molar-refractivity contribution in [3.8, 4) is 6.07 Å². The number of hydrogen-bond acceptors (Lipinski definition) is 3. The van der Waals surface area contributed by atoms with E-state index >= 15 is 0 Å². The molecule has 1 aromatic carbocycles. The van der Waals surface area contributed by atoms with Gasteiger partial charge in [0.15, 0.2) is 0 Å². The molecule has 0 spiro atoms. The molecule has 0 saturated heterocycles. The van der Waals surface area contributed by atoms with Gasteiger partial charge < -0.3 is 5.32 Å². The summed E-state index contributed by atoms with van der Waals surface area (Å²) in [5.41, 5.74) is 2.49. The molecule has 1 aromatic heterocycles. The van der Waals surface area contributed by atoms with Gasteiger partial charge in [0, 0.05) is 15.5 Å². The van der Waals surface area contributed by atoms with Crippen molar-refractivity contribution >= 4 is 33.8 Å². The van der Waals surface area contributed by atoms with Crippen LogP contribution < -0.4 is 5.32 Å². The van der Waals surface area contributed by atoms with E-state index in [1.54, 1.807) is 35.6 Å². The van der Waals surface area contributed by atoms with Crippen molar-refractivity contribution in [2.45, 2.75) is 40.0 Å². The maximum atomic E-state index is 12.5. The molecule has 0 bridgehead atoms. The van der Waals surface area contributed by atoms with E-state index < -0.39 is 0 Å². The molecule has 3 nitrogen and oxygen atoms in total. The van der Waals surface area contributed by atoms with Crippen LogP contribution in [0.5, 0.6) is 0 Å². The SMILES string of the molecule is CC(C)(C)[C@H]1CCc2c(sc(NC(=O)c3cccc(Cl)c3)c2C#N)C1. The highest BCUT2D eigenvalue weighted by atomic mass is 35.5. The number of hydrogen-bond donors (Lipinski definition) is 1. The summed E-state index contributed by atoms with van der Waals surface area (Å²) < 4.78 is 0. The molecule has 1 aliphatic rings. The molecular weight excluding hydrogens is 352 g/mol. The first kappa shape index (κ1) is 18.0. The van der Waals surface area contributed by atoms with E-state index in [9.17, 15) is 10.1 Å². The van der Waals surface area contributed by atoms with Gasteiger partial charge in [-0.15, -0.1) is 11.3 Å². The number of fused-ring (bicyclic) bond motifs is 1. The van der Waals surface area contributed by atoms with Gasteiger partial charge >= 0.3 is 0 Å². The van der Waals surface area contributed by atoms with Crippen LogP contribution in [0.15, 0.2) is 24.3 Å². The Kier molecular flexibility index (Phi) is 4.90. The fourth-order valence-corrected chi connectivity index (χ4v) is 4.80. The smallest absolute Gasteiger partial charge is 0.256 e. The Bertz CT molecular complexity index is 858. The summed E-state index contributed by atoms with van der Waals surface area (Å²) in [6, 6.07) is 9.12. The van der Waals surface area contributed by atoms with Crippen molar-refractivity contribution in [3.05, 3.63) is 50.9 Å². The Morgan fingerprint density at radius 1 is 1.40 bits per heavy atom. The molecule has 1 N–H and O–H groups in total. The molecule has 0 radical (unpaired) electrons. The van der Waals surface area contributed by atoms with Gasteiger partial charge in [0.2, 0.25) is 0 Å². The lowest BCUT2D eigenvalue weighted by molar-refractivity contribution is 0.102. The fourth-order valence-electron chi connectivity index (χ4n) is 3.34. The molecular formula is C20H21ClN2OS. The van der Waals surface area contributed by atoms with Crippen LogP contribution in [-0.4, -0.2) is 5.91 Å². The number of benzene rings is 1. The molecule has 0 unspecified atom stereocenters. The summed E-state index contributed by atoms with van der Waals surface area (Å²) in [6.45, 7) is 6.80. The number of nitrogens with one attached hydrogen (secondary N) is 1. The zero-order chi connectivity index (χ0) is 18.2. The van der Waals surface area contributed by atoms with Crippen LogP contribution in [-0.2, 0) is 12.8 Å². The van der Waals surface area contributed by atoms with E-state index in [1.165, 1.54) is 4.88 Å². The monoisotopic (exact) mass is 372 g/mol. The number of rotatable bonds is 2. The summed E-state index contributed by atoms with van der Waals surface area (Å²) in [7, 11) is 0. The second-order valence-electron chi connectivity index (χ2n) is 7.59. The number of thiophene rings is 1. The zero-order valence-corrected chi connectivity index (χ0v) is 16.2. The second kappa shape index (κ2) is 6.82. The minimum atomic E-state index is -0.232. The summed E-state index contributed by atoms with van der Waals surface area (Å²) in [5.74, 6) is 0.367. The fraction of sp³-hybridized carbons (Fsp3) is 0.400. The van der Waals surface area contributed by atoms with Crippen molar-refractivity contribution in [3.63, 3.8) is 0 Å². The summed E-state index contributed by atoms with van der Waals surface area (Å²) in [5, 5.41) is 13.7. The highest BCUT2D eigenvalue weighted by molar-refractivity contribution is 7.16. The minimum absolute atomic E-state index is 0.232. The van der Waals surface area contributed by atoms with Gasteiger partial charge in [0.05, 0.1) is 5.56 Å². The van der Waals surface area contributed by atoms with E-state index in [0.29, 0.717) is 27.1 Å². The summed E-state index contributed by atoms with van der Waals surface area (Å²) in [6.07, 6.45) is 2.97. The number of nitriles is 1. The van der Waals surface area contributed by atoms with Crippen LogP contribution in [0.25, 0.3) is 0 Å². The van der Waals surface area contributed by atoms with Crippen molar-refractivity contribution in [1.82, 2.24) is 0 Å². The van der Waals surface area contributed by atoms with E-state index in [0.717, 1.165) is 24.8 Å². The van der Waals surface area contributed by atoms with Gasteiger partial charge in [0.25, 0.3) is 5.91 Å². The van der Waals surface area contributed by atoms with E-state index in [2.05, 4.69) is 32.2 Å². The summed E-state index contributed by atoms with van der Waals surface area (Å²) in [4.78, 5) is 13.7. The Labute approximate surface area is 157 Å². The third-order valence-corrected chi connectivity index (χ3v) is 6.32. The topological polar surface area (TPSA) is 52.9 Å². The van der Waals surface area contributed by atoms with Crippen molar-refractivity contribution in [2.75, 3.05) is 5.32 Å². The van der Waals surface area contributed by atoms with E-state index in [-0.39, 0.29) is 11.3 Å². The third-order valence-electron chi connectivity index (χ3n) is 4.92. The molecule has 0 aliphatic heterocycles. The minimum Gasteiger partial charge on any atom is -0.312 e. The maximum Gasteiger partial charge on any atom is 0.256 e. The number of amides is 1. The molecule has 25 heavy (non-hydrogen) atoms. The Morgan fingerprint density at radius 2 is 2.16 bits per heavy atom. The van der Waals surface area contributed by atoms with Gasteiger partial charge in [0.1, 0.15) is 11.1 Å². The van der Waals surface area contributed by atoms with Crippen LogP contribution in [0.2, 0.25) is 5.02 Å². The van der Waals surface area contributed by atoms with Gasteiger partial charge in [-0.25, -0.2) is 0 Å². The molecule has 0 saturated carbocycles. The normalized spacial score (nSPS) is 16.8. The maximum absolute atomic E-state index is 12.5. The van der Waals surface area contributed by atoms with Crippen molar-refractivity contribution < 1.29 is 4.79 Å². The molecule has 1 aliphatic carbocycles. The van der Waals surface area contributed by atoms with Crippen LogP contribution in [0.4, 0.5) is 5.00 Å². The van der Waals surface area contributed by atoms with Crippen LogP contribution in [0.1, 0.15) is 53.6 Å². The number of nitrogens with zero attached hydrogens (tertiary/aromatic N) is 1. The lowest BCUT2D eigenvalue weighted by Crippen LogP contribution is -2.26. The highest BCUT2D eigenvalue weighted by Gasteiger charge is 2.32. The van der Waals surface area contributed by atoms with E-state index in [1.807, 2.05) is 0 Å². The first-order chi connectivity index (χ1) is 11.8. The average Bonchev–Trinajstić information content (AvgIpc) is 2.90. The quantitative estimate of drug-likeness (QED) is 0.737. The van der Waals surface area contributed by atoms with Gasteiger partial charge in [-0.05, 0) is 54.4 Å². The Morgan fingerprint density at radius 3 is 2.80 bits per heavy atom. The van der Waals surface area contributed by atoms with Crippen LogP contribution in [0, 0.1) is 22.7 Å². The molecule has 1 atom stereocenters. The lowest BCUT2D eigenvalue weighted by Gasteiger charge is -2.33.